The number of aromatic nitrogens is 4. The molecule has 2 amide bonds. The molecule has 45 heavy (non-hydrogen) atoms. The van der Waals surface area contributed by atoms with E-state index in [1.807, 2.05) is 49.2 Å². The Morgan fingerprint density at radius 2 is 1.87 bits per heavy atom. The SMILES string of the molecule is COc1cc(C(=O)N2CC3CCC2[C@@H]3N)cc2nc(-c3cc4ccc(-c5cccc(C(N)=O)c5C)nc4n3CC3CC3)n(C)c12. The summed E-state index contributed by atoms with van der Waals surface area (Å²) in [7, 11) is 3.62. The average Bonchev–Trinajstić information content (AvgIpc) is 3.44. The predicted molar refractivity (Wildman–Crippen MR) is 173 cm³/mol. The highest BCUT2D eigenvalue weighted by molar-refractivity contribution is 6.01. The molecule has 8 rings (SSSR count). The number of carbonyl (C=O) groups is 2. The van der Waals surface area contributed by atoms with Gasteiger partial charge in [0.05, 0.1) is 24.0 Å². The van der Waals surface area contributed by atoms with E-state index in [1.165, 1.54) is 12.8 Å². The van der Waals surface area contributed by atoms with Crippen LogP contribution >= 0.6 is 0 Å². The van der Waals surface area contributed by atoms with Crippen LogP contribution in [-0.4, -0.2) is 61.6 Å². The Kier molecular flexibility index (Phi) is 6.29. The van der Waals surface area contributed by atoms with Crippen molar-refractivity contribution in [2.45, 2.75) is 51.2 Å². The highest BCUT2D eigenvalue weighted by Crippen LogP contribution is 2.40. The van der Waals surface area contributed by atoms with Gasteiger partial charge in [0.1, 0.15) is 16.9 Å². The standard InChI is InChI=1S/C35H37N7O3/c1-18-23(5-4-6-24(18)32(37)43)25-11-9-20-14-28(41(33(20)38-25)16-19-7-8-19)34-39-26-13-22(15-29(45-3)31(26)40(34)2)35(44)42-17-21-10-12-27(42)30(21)36/h4-6,9,11,13-15,19,21,27,30H,7-8,10,12,16-17,36H2,1-3H3,(H2,37,43)/t21?,27?,30-/m1/s1. The average molecular weight is 604 g/mol. The molecule has 3 aromatic heterocycles. The van der Waals surface area contributed by atoms with Gasteiger partial charge in [0.2, 0.25) is 5.91 Å². The quantitative estimate of drug-likeness (QED) is 0.278. The van der Waals surface area contributed by atoms with E-state index in [0.717, 1.165) is 64.3 Å². The van der Waals surface area contributed by atoms with Gasteiger partial charge in [-0.25, -0.2) is 9.97 Å². The minimum atomic E-state index is -0.451. The number of amides is 2. The van der Waals surface area contributed by atoms with Crippen molar-refractivity contribution >= 4 is 33.9 Å². The van der Waals surface area contributed by atoms with Crippen molar-refractivity contribution in [3.05, 3.63) is 65.2 Å². The fourth-order valence-corrected chi connectivity index (χ4v) is 7.65. The molecule has 0 radical (unpaired) electrons. The number of benzene rings is 2. The van der Waals surface area contributed by atoms with Gasteiger partial charge < -0.3 is 30.2 Å². The third-order valence-corrected chi connectivity index (χ3v) is 10.3. The summed E-state index contributed by atoms with van der Waals surface area (Å²) in [6, 6.07) is 15.7. The van der Waals surface area contributed by atoms with Crippen LogP contribution in [0, 0.1) is 18.8 Å². The summed E-state index contributed by atoms with van der Waals surface area (Å²) in [4.78, 5) is 38.0. The zero-order chi connectivity index (χ0) is 31.1. The number of piperidine rings is 1. The van der Waals surface area contributed by atoms with Crippen molar-refractivity contribution in [3.63, 3.8) is 0 Å². The smallest absolute Gasteiger partial charge is 0.254 e. The number of aryl methyl sites for hydroxylation is 1. The van der Waals surface area contributed by atoms with Crippen molar-refractivity contribution in [3.8, 4) is 28.5 Å². The van der Waals surface area contributed by atoms with E-state index in [4.69, 9.17) is 26.2 Å². The number of hydrogen-bond acceptors (Lipinski definition) is 6. The molecule has 1 aliphatic heterocycles. The third kappa shape index (κ3) is 4.34. The molecular weight excluding hydrogens is 566 g/mol. The summed E-state index contributed by atoms with van der Waals surface area (Å²) < 4.78 is 10.2. The monoisotopic (exact) mass is 603 g/mol. The number of imidazole rings is 1. The van der Waals surface area contributed by atoms with Gasteiger partial charge in [0, 0.05) is 54.3 Å². The highest BCUT2D eigenvalue weighted by Gasteiger charge is 2.47. The first-order valence-corrected chi connectivity index (χ1v) is 15.7. The summed E-state index contributed by atoms with van der Waals surface area (Å²) in [6.07, 6.45) is 4.42. The van der Waals surface area contributed by atoms with E-state index in [1.54, 1.807) is 13.2 Å². The Bertz CT molecular complexity index is 2040. The van der Waals surface area contributed by atoms with Crippen LogP contribution in [-0.2, 0) is 13.6 Å². The van der Waals surface area contributed by atoms with Gasteiger partial charge in [-0.3, -0.25) is 9.59 Å². The molecule has 1 saturated heterocycles. The summed E-state index contributed by atoms with van der Waals surface area (Å²) in [5.74, 6) is 1.89. The maximum Gasteiger partial charge on any atom is 0.254 e. The van der Waals surface area contributed by atoms with Crippen LogP contribution in [0.25, 0.3) is 44.8 Å². The zero-order valence-corrected chi connectivity index (χ0v) is 25.8. The number of fused-ring (bicyclic) bond motifs is 4. The number of methoxy groups -OCH3 is 1. The van der Waals surface area contributed by atoms with Gasteiger partial charge >= 0.3 is 0 Å². The van der Waals surface area contributed by atoms with E-state index in [2.05, 4.69) is 21.3 Å². The van der Waals surface area contributed by atoms with Crippen LogP contribution in [0.3, 0.4) is 0 Å². The van der Waals surface area contributed by atoms with Crippen LogP contribution in [0.4, 0.5) is 0 Å². The number of nitrogens with zero attached hydrogens (tertiary/aromatic N) is 5. The molecule has 10 nitrogen and oxygen atoms in total. The maximum atomic E-state index is 13.7. The van der Waals surface area contributed by atoms with Crippen molar-refractivity contribution in [1.29, 1.82) is 0 Å². The zero-order valence-electron chi connectivity index (χ0n) is 25.8. The minimum absolute atomic E-state index is 0.0136. The van der Waals surface area contributed by atoms with Gasteiger partial charge in [-0.1, -0.05) is 12.1 Å². The molecule has 4 heterocycles. The number of carbonyl (C=O) groups excluding carboxylic acids is 2. The summed E-state index contributed by atoms with van der Waals surface area (Å²) in [6.45, 7) is 3.45. The van der Waals surface area contributed by atoms with Crippen molar-refractivity contribution in [2.75, 3.05) is 13.7 Å². The Morgan fingerprint density at radius 3 is 2.56 bits per heavy atom. The van der Waals surface area contributed by atoms with E-state index in [0.29, 0.717) is 40.8 Å². The van der Waals surface area contributed by atoms with Crippen molar-refractivity contribution in [2.24, 2.45) is 30.4 Å². The van der Waals surface area contributed by atoms with Crippen LogP contribution in [0.2, 0.25) is 0 Å². The second-order valence-electron chi connectivity index (χ2n) is 13.0. The number of nitrogens with two attached hydrogens (primary N) is 2. The summed E-state index contributed by atoms with van der Waals surface area (Å²) in [5, 5.41) is 1.01. The van der Waals surface area contributed by atoms with Gasteiger partial charge in [-0.15, -0.1) is 0 Å². The molecule has 3 aliphatic rings. The summed E-state index contributed by atoms with van der Waals surface area (Å²) >= 11 is 0. The Morgan fingerprint density at radius 1 is 1.04 bits per heavy atom. The van der Waals surface area contributed by atoms with Crippen molar-refractivity contribution in [1.82, 2.24) is 24.0 Å². The highest BCUT2D eigenvalue weighted by atomic mass is 16.5. The lowest BCUT2D eigenvalue weighted by atomic mass is 9.99. The topological polar surface area (TPSA) is 134 Å². The van der Waals surface area contributed by atoms with Crippen LogP contribution in [0.15, 0.2) is 48.5 Å². The number of rotatable bonds is 7. The lowest BCUT2D eigenvalue weighted by Gasteiger charge is -2.27. The largest absolute Gasteiger partial charge is 0.494 e. The van der Waals surface area contributed by atoms with Gasteiger partial charge in [-0.2, -0.15) is 0 Å². The normalized spacial score (nSPS) is 20.9. The van der Waals surface area contributed by atoms with E-state index >= 15 is 0 Å². The number of primary amides is 1. The first-order chi connectivity index (χ1) is 21.7. The first-order valence-electron chi connectivity index (χ1n) is 15.7. The van der Waals surface area contributed by atoms with Crippen LogP contribution in [0.1, 0.15) is 52.0 Å². The number of hydrogen-bond donors (Lipinski definition) is 2. The maximum absolute atomic E-state index is 13.7. The Balaban J connectivity index is 1.25. The van der Waals surface area contributed by atoms with Crippen molar-refractivity contribution < 1.29 is 14.3 Å². The molecule has 2 bridgehead atoms. The predicted octanol–water partition coefficient (Wildman–Crippen LogP) is 4.64. The molecule has 2 unspecified atom stereocenters. The lowest BCUT2D eigenvalue weighted by molar-refractivity contribution is 0.0700. The lowest BCUT2D eigenvalue weighted by Crippen LogP contribution is -2.41. The molecular formula is C35H37N7O3. The molecule has 2 aliphatic carbocycles. The number of likely N-dealkylation sites (tertiary alicyclic amines) is 1. The Hall–Kier alpha value is -4.70. The van der Waals surface area contributed by atoms with Gasteiger partial charge in [0.25, 0.3) is 5.91 Å². The number of pyridine rings is 1. The molecule has 10 heteroatoms. The molecule has 3 atom stereocenters. The van der Waals surface area contributed by atoms with E-state index in [9.17, 15) is 9.59 Å². The molecule has 0 spiro atoms. The van der Waals surface area contributed by atoms with E-state index in [-0.39, 0.29) is 18.0 Å². The fourth-order valence-electron chi connectivity index (χ4n) is 7.65. The second kappa shape index (κ2) is 10.2. The first kappa shape index (κ1) is 27.8. The molecule has 2 aromatic carbocycles. The van der Waals surface area contributed by atoms with Gasteiger partial charge in [-0.05, 0) is 86.4 Å². The Labute approximate surface area is 261 Å². The number of ether oxygens (including phenoxy) is 1. The summed E-state index contributed by atoms with van der Waals surface area (Å²) in [5.41, 5.74) is 19.0. The molecule has 4 N–H and O–H groups in total. The van der Waals surface area contributed by atoms with Crippen LogP contribution in [0.5, 0.6) is 5.75 Å². The molecule has 2 saturated carbocycles. The fraction of sp³-hybridized carbons (Fsp3) is 0.371. The third-order valence-electron chi connectivity index (χ3n) is 10.3. The molecule has 230 valence electrons. The molecule has 3 fully saturated rings. The molecule has 5 aromatic rings. The second-order valence-corrected chi connectivity index (χ2v) is 13.0. The van der Waals surface area contributed by atoms with Crippen LogP contribution < -0.4 is 16.2 Å². The van der Waals surface area contributed by atoms with E-state index < -0.39 is 5.91 Å². The van der Waals surface area contributed by atoms with Gasteiger partial charge in [0.15, 0.2) is 5.82 Å². The minimum Gasteiger partial charge on any atom is -0.494 e.